The van der Waals surface area contributed by atoms with Gasteiger partial charge in [0.05, 0.1) is 22.5 Å². The van der Waals surface area contributed by atoms with Crippen LogP contribution in [0.15, 0.2) is 84.2 Å². The minimum Gasteiger partial charge on any atom is -0.298 e. The van der Waals surface area contributed by atoms with Gasteiger partial charge in [0.15, 0.2) is 5.13 Å². The monoisotopic (exact) mass is 477 g/mol. The number of nitrogens with zero attached hydrogens (tertiary/aromatic N) is 2. The predicted molar refractivity (Wildman–Crippen MR) is 146 cm³/mol. The Hall–Kier alpha value is -3.83. The molecule has 35 heavy (non-hydrogen) atoms. The van der Waals surface area contributed by atoms with Crippen LogP contribution in [0.1, 0.15) is 42.3 Å². The first-order valence-electron chi connectivity index (χ1n) is 11.6. The molecule has 0 atom stereocenters. The van der Waals surface area contributed by atoms with Crippen LogP contribution in [0.25, 0.3) is 33.4 Å². The molecule has 4 nitrogen and oxygen atoms in total. The van der Waals surface area contributed by atoms with Crippen molar-refractivity contribution in [3.05, 3.63) is 101 Å². The number of hydrogen-bond acceptors (Lipinski definition) is 4. The zero-order valence-electron chi connectivity index (χ0n) is 20.3. The SMILES string of the molecule is Cc1c(-c2ccccc2)nc2ccccc2c1C(=O)Nc1nc(-c2ccc(C(C)(C)C)cc2)cs1. The number of pyridine rings is 1. The maximum Gasteiger partial charge on any atom is 0.258 e. The zero-order chi connectivity index (χ0) is 24.6. The van der Waals surface area contributed by atoms with Crippen LogP contribution in [-0.2, 0) is 5.41 Å². The maximum atomic E-state index is 13.6. The van der Waals surface area contributed by atoms with Crippen LogP contribution in [0, 0.1) is 6.92 Å². The molecule has 2 heterocycles. The Morgan fingerprint density at radius 2 is 1.51 bits per heavy atom. The number of benzene rings is 3. The second kappa shape index (κ2) is 9.08. The average molecular weight is 478 g/mol. The summed E-state index contributed by atoms with van der Waals surface area (Å²) in [6.45, 7) is 8.56. The van der Waals surface area contributed by atoms with Crippen LogP contribution < -0.4 is 5.32 Å². The molecule has 1 N–H and O–H groups in total. The molecular weight excluding hydrogens is 450 g/mol. The Balaban J connectivity index is 1.48. The molecular formula is C30H27N3OS. The summed E-state index contributed by atoms with van der Waals surface area (Å²) in [6, 6.07) is 26.2. The van der Waals surface area contributed by atoms with Gasteiger partial charge < -0.3 is 0 Å². The quantitative estimate of drug-likeness (QED) is 0.286. The summed E-state index contributed by atoms with van der Waals surface area (Å²) >= 11 is 1.43. The fraction of sp³-hybridized carbons (Fsp3) is 0.167. The highest BCUT2D eigenvalue weighted by molar-refractivity contribution is 7.14. The van der Waals surface area contributed by atoms with Gasteiger partial charge in [-0.15, -0.1) is 11.3 Å². The number of carbonyl (C=O) groups excluding carboxylic acids is 1. The van der Waals surface area contributed by atoms with Crippen molar-refractivity contribution in [2.24, 2.45) is 0 Å². The van der Waals surface area contributed by atoms with Crippen molar-refractivity contribution in [3.8, 4) is 22.5 Å². The summed E-state index contributed by atoms with van der Waals surface area (Å²) < 4.78 is 0. The Morgan fingerprint density at radius 1 is 0.829 bits per heavy atom. The number of hydrogen-bond donors (Lipinski definition) is 1. The molecule has 2 aromatic heterocycles. The number of carbonyl (C=O) groups is 1. The molecule has 0 bridgehead atoms. The second-order valence-corrected chi connectivity index (χ2v) is 10.5. The average Bonchev–Trinajstić information content (AvgIpc) is 3.32. The van der Waals surface area contributed by atoms with Gasteiger partial charge in [0, 0.05) is 21.9 Å². The van der Waals surface area contributed by atoms with Crippen LogP contribution in [0.3, 0.4) is 0 Å². The maximum absolute atomic E-state index is 13.6. The van der Waals surface area contributed by atoms with Crippen LogP contribution in [0.4, 0.5) is 5.13 Å². The molecule has 0 aliphatic rings. The minimum absolute atomic E-state index is 0.101. The van der Waals surface area contributed by atoms with Gasteiger partial charge in [0.25, 0.3) is 5.91 Å². The first-order valence-corrected chi connectivity index (χ1v) is 12.5. The van der Waals surface area contributed by atoms with E-state index in [4.69, 9.17) is 9.97 Å². The van der Waals surface area contributed by atoms with E-state index < -0.39 is 0 Å². The minimum atomic E-state index is -0.178. The summed E-state index contributed by atoms with van der Waals surface area (Å²) in [5, 5.41) is 6.42. The summed E-state index contributed by atoms with van der Waals surface area (Å²) in [7, 11) is 0. The number of para-hydroxylation sites is 1. The van der Waals surface area contributed by atoms with Gasteiger partial charge in [-0.25, -0.2) is 9.97 Å². The fourth-order valence-corrected chi connectivity index (χ4v) is 4.96. The normalized spacial score (nSPS) is 11.5. The molecule has 0 spiro atoms. The van der Waals surface area contributed by atoms with E-state index in [9.17, 15) is 4.79 Å². The van der Waals surface area contributed by atoms with Crippen LogP contribution in [0.5, 0.6) is 0 Å². The van der Waals surface area contributed by atoms with Crippen LogP contribution >= 0.6 is 11.3 Å². The van der Waals surface area contributed by atoms with Crippen molar-refractivity contribution in [3.63, 3.8) is 0 Å². The Morgan fingerprint density at radius 3 is 2.23 bits per heavy atom. The van der Waals surface area contributed by atoms with Gasteiger partial charge >= 0.3 is 0 Å². The summed E-state index contributed by atoms with van der Waals surface area (Å²) in [5.74, 6) is -0.178. The van der Waals surface area contributed by atoms with Crippen molar-refractivity contribution >= 4 is 33.3 Å². The Labute approximate surface area is 209 Å². The van der Waals surface area contributed by atoms with Crippen molar-refractivity contribution in [2.45, 2.75) is 33.1 Å². The van der Waals surface area contributed by atoms with Crippen molar-refractivity contribution in [1.82, 2.24) is 9.97 Å². The van der Waals surface area contributed by atoms with E-state index in [1.807, 2.05) is 66.9 Å². The Bertz CT molecular complexity index is 1510. The van der Waals surface area contributed by atoms with Crippen molar-refractivity contribution in [1.29, 1.82) is 0 Å². The molecule has 3 aromatic carbocycles. The predicted octanol–water partition coefficient (Wildman–Crippen LogP) is 7.88. The largest absolute Gasteiger partial charge is 0.298 e. The number of fused-ring (bicyclic) bond motifs is 1. The number of amides is 1. The molecule has 174 valence electrons. The third-order valence-electron chi connectivity index (χ3n) is 6.18. The first-order chi connectivity index (χ1) is 16.8. The molecule has 0 aliphatic heterocycles. The van der Waals surface area contributed by atoms with Gasteiger partial charge in [-0.3, -0.25) is 10.1 Å². The molecule has 0 saturated heterocycles. The number of aromatic nitrogens is 2. The number of anilines is 1. The second-order valence-electron chi connectivity index (χ2n) is 9.66. The third-order valence-corrected chi connectivity index (χ3v) is 6.94. The third kappa shape index (κ3) is 4.60. The van der Waals surface area contributed by atoms with Gasteiger partial charge in [0.2, 0.25) is 0 Å². The summed E-state index contributed by atoms with van der Waals surface area (Å²) in [4.78, 5) is 23.1. The smallest absolute Gasteiger partial charge is 0.258 e. The molecule has 5 rings (SSSR count). The number of rotatable bonds is 4. The van der Waals surface area contributed by atoms with Gasteiger partial charge in [-0.2, -0.15) is 0 Å². The van der Waals surface area contributed by atoms with E-state index in [1.165, 1.54) is 16.9 Å². The van der Waals surface area contributed by atoms with E-state index in [0.717, 1.165) is 39.0 Å². The lowest BCUT2D eigenvalue weighted by molar-refractivity contribution is 0.102. The van der Waals surface area contributed by atoms with E-state index in [2.05, 4.69) is 50.4 Å². The highest BCUT2D eigenvalue weighted by atomic mass is 32.1. The lowest BCUT2D eigenvalue weighted by Crippen LogP contribution is -2.15. The molecule has 0 radical (unpaired) electrons. The van der Waals surface area contributed by atoms with Gasteiger partial charge in [0.1, 0.15) is 0 Å². The van der Waals surface area contributed by atoms with Crippen LogP contribution in [-0.4, -0.2) is 15.9 Å². The highest BCUT2D eigenvalue weighted by Gasteiger charge is 2.20. The molecule has 0 aliphatic carbocycles. The zero-order valence-corrected chi connectivity index (χ0v) is 21.1. The lowest BCUT2D eigenvalue weighted by Gasteiger charge is -2.18. The number of thiazole rings is 1. The number of nitrogens with one attached hydrogen (secondary N) is 1. The topological polar surface area (TPSA) is 54.9 Å². The first kappa shape index (κ1) is 22.9. The Kier molecular flexibility index (Phi) is 5.95. The molecule has 1 amide bonds. The standard InChI is InChI=1S/C30H27N3OS/c1-19-26(23-12-8-9-13-24(23)31-27(19)21-10-6-5-7-11-21)28(34)33-29-32-25(18-35-29)20-14-16-22(17-15-20)30(2,3)4/h5-18H,1-4H3,(H,32,33,34). The van der Waals surface area contributed by atoms with E-state index in [1.54, 1.807) is 0 Å². The summed E-state index contributed by atoms with van der Waals surface area (Å²) in [6.07, 6.45) is 0. The fourth-order valence-electron chi connectivity index (χ4n) is 4.24. The summed E-state index contributed by atoms with van der Waals surface area (Å²) in [5.41, 5.74) is 7.33. The van der Waals surface area contributed by atoms with Gasteiger partial charge in [-0.1, -0.05) is 93.6 Å². The highest BCUT2D eigenvalue weighted by Crippen LogP contribution is 2.32. The molecule has 5 heteroatoms. The molecule has 0 fully saturated rings. The molecule has 5 aromatic rings. The van der Waals surface area contributed by atoms with Crippen molar-refractivity contribution in [2.75, 3.05) is 5.32 Å². The van der Waals surface area contributed by atoms with Crippen molar-refractivity contribution < 1.29 is 4.79 Å². The van der Waals surface area contributed by atoms with E-state index >= 15 is 0 Å². The lowest BCUT2D eigenvalue weighted by atomic mass is 9.86. The van der Waals surface area contributed by atoms with Crippen LogP contribution in [0.2, 0.25) is 0 Å². The van der Waals surface area contributed by atoms with Gasteiger partial charge in [-0.05, 0) is 29.5 Å². The molecule has 0 saturated carbocycles. The van der Waals surface area contributed by atoms with E-state index in [-0.39, 0.29) is 11.3 Å². The van der Waals surface area contributed by atoms with E-state index in [0.29, 0.717) is 10.7 Å². The molecule has 0 unspecified atom stereocenters.